The molecule has 38 heavy (non-hydrogen) atoms. The first kappa shape index (κ1) is 25.5. The molecule has 2 fully saturated rings. The average molecular weight is 514 g/mol. The fraction of sp³-hybridized carbons (Fsp3) is 0.545. The lowest BCUT2D eigenvalue weighted by Crippen LogP contribution is -2.35. The minimum Gasteiger partial charge on any atom is -0.478 e. The van der Waals surface area contributed by atoms with Crippen LogP contribution in [-0.4, -0.2) is 53.3 Å². The van der Waals surface area contributed by atoms with E-state index in [4.69, 9.17) is 0 Å². The molecule has 0 bridgehead atoms. The van der Waals surface area contributed by atoms with E-state index in [1.54, 1.807) is 0 Å². The van der Waals surface area contributed by atoms with Gasteiger partial charge < -0.3 is 19.5 Å². The topological polar surface area (TPSA) is 48.7 Å². The van der Waals surface area contributed by atoms with Gasteiger partial charge in [0.15, 0.2) is 0 Å². The van der Waals surface area contributed by atoms with Gasteiger partial charge in [0.2, 0.25) is 0 Å². The summed E-state index contributed by atoms with van der Waals surface area (Å²) in [6, 6.07) is 12.8. The van der Waals surface area contributed by atoms with Crippen molar-refractivity contribution < 1.29 is 9.90 Å². The number of aromatic nitrogens is 1. The van der Waals surface area contributed by atoms with Crippen molar-refractivity contribution in [1.82, 2.24) is 9.47 Å². The summed E-state index contributed by atoms with van der Waals surface area (Å²) in [4.78, 5) is 17.2. The highest BCUT2D eigenvalue weighted by Crippen LogP contribution is 2.47. The molecular weight excluding hydrogens is 470 g/mol. The Morgan fingerprint density at radius 2 is 1.74 bits per heavy atom. The maximum atomic E-state index is 11.9. The number of fused-ring (bicyclic) bond motifs is 5. The van der Waals surface area contributed by atoms with Crippen LogP contribution in [-0.2, 0) is 6.54 Å². The summed E-state index contributed by atoms with van der Waals surface area (Å²) in [5.41, 5.74) is 8.31. The number of aryl methyl sites for hydroxylation is 1. The second-order valence-corrected chi connectivity index (χ2v) is 12.0. The summed E-state index contributed by atoms with van der Waals surface area (Å²) in [5.74, 6) is 0.509. The van der Waals surface area contributed by atoms with Crippen LogP contribution in [0.5, 0.6) is 0 Å². The van der Waals surface area contributed by atoms with Gasteiger partial charge in [-0.15, -0.1) is 0 Å². The van der Waals surface area contributed by atoms with Crippen molar-refractivity contribution in [2.45, 2.75) is 77.7 Å². The van der Waals surface area contributed by atoms with Crippen molar-refractivity contribution in [1.29, 1.82) is 0 Å². The molecule has 1 aliphatic carbocycles. The molecule has 3 heterocycles. The number of benzene rings is 2. The molecule has 3 aliphatic rings. The largest absolute Gasteiger partial charge is 0.478 e. The second kappa shape index (κ2) is 10.8. The van der Waals surface area contributed by atoms with E-state index in [2.05, 4.69) is 52.5 Å². The zero-order chi connectivity index (χ0) is 26.2. The van der Waals surface area contributed by atoms with Gasteiger partial charge in [-0.05, 0) is 99.8 Å². The maximum Gasteiger partial charge on any atom is 0.335 e. The number of nitrogens with zero attached hydrogens (tertiary/aromatic N) is 3. The molecule has 0 unspecified atom stereocenters. The van der Waals surface area contributed by atoms with Gasteiger partial charge in [0.05, 0.1) is 11.3 Å². The minimum atomic E-state index is -0.845. The molecule has 5 nitrogen and oxygen atoms in total. The van der Waals surface area contributed by atoms with Crippen LogP contribution >= 0.6 is 0 Å². The van der Waals surface area contributed by atoms with Crippen molar-refractivity contribution in [3.8, 4) is 11.3 Å². The van der Waals surface area contributed by atoms with E-state index in [-0.39, 0.29) is 0 Å². The normalized spacial score (nSPS) is 19.4. The molecule has 1 saturated heterocycles. The molecular formula is C33H43N3O2. The number of hydrogen-bond acceptors (Lipinski definition) is 3. The number of carboxylic acids is 1. The number of hydrogen-bond donors (Lipinski definition) is 1. The van der Waals surface area contributed by atoms with Crippen LogP contribution < -0.4 is 4.90 Å². The standard InChI is InChI=1S/C33H43N3O2/c1-3-34-16-13-24(14-17-34)15-18-35-19-20-36-30-22-26(33(37)38)10-12-27(30)31(25-7-5-4-6-8-25)32(36)28-11-9-23(2)21-29(28)35/h9-12,21-22,24-25H,3-8,13-20H2,1-2H3,(H,37,38). The van der Waals surface area contributed by atoms with Crippen LogP contribution in [0, 0.1) is 12.8 Å². The molecule has 1 aromatic heterocycles. The molecule has 0 radical (unpaired) electrons. The Bertz CT molecular complexity index is 1310. The monoisotopic (exact) mass is 513 g/mol. The van der Waals surface area contributed by atoms with Gasteiger partial charge in [-0.25, -0.2) is 4.79 Å². The van der Waals surface area contributed by atoms with E-state index in [1.165, 1.54) is 104 Å². The smallest absolute Gasteiger partial charge is 0.335 e. The maximum absolute atomic E-state index is 11.9. The van der Waals surface area contributed by atoms with E-state index in [1.807, 2.05) is 12.1 Å². The van der Waals surface area contributed by atoms with Crippen molar-refractivity contribution in [2.24, 2.45) is 5.92 Å². The minimum absolute atomic E-state index is 0.386. The number of anilines is 1. The van der Waals surface area contributed by atoms with E-state index in [0.29, 0.717) is 11.5 Å². The summed E-state index contributed by atoms with van der Waals surface area (Å²) in [5, 5.41) is 11.1. The second-order valence-electron chi connectivity index (χ2n) is 12.0. The number of piperidine rings is 1. The zero-order valence-corrected chi connectivity index (χ0v) is 23.2. The molecule has 0 spiro atoms. The quantitative estimate of drug-likeness (QED) is 0.376. The van der Waals surface area contributed by atoms with E-state index >= 15 is 0 Å². The molecule has 1 N–H and O–H groups in total. The Labute approximate surface area is 227 Å². The first-order valence-corrected chi connectivity index (χ1v) is 15.0. The fourth-order valence-electron chi connectivity index (χ4n) is 7.44. The number of rotatable bonds is 6. The van der Waals surface area contributed by atoms with Gasteiger partial charge in [-0.2, -0.15) is 0 Å². The third-order valence-corrected chi connectivity index (χ3v) is 9.67. The molecule has 0 amide bonds. The van der Waals surface area contributed by atoms with Gasteiger partial charge in [0.1, 0.15) is 0 Å². The van der Waals surface area contributed by atoms with Crippen LogP contribution in [0.3, 0.4) is 0 Å². The highest BCUT2D eigenvalue weighted by molar-refractivity contribution is 5.99. The summed E-state index contributed by atoms with van der Waals surface area (Å²) < 4.78 is 2.47. The fourth-order valence-corrected chi connectivity index (χ4v) is 7.44. The Morgan fingerprint density at radius 3 is 2.47 bits per heavy atom. The predicted octanol–water partition coefficient (Wildman–Crippen LogP) is 7.30. The highest BCUT2D eigenvalue weighted by Gasteiger charge is 2.31. The highest BCUT2D eigenvalue weighted by atomic mass is 16.4. The lowest BCUT2D eigenvalue weighted by atomic mass is 9.81. The van der Waals surface area contributed by atoms with Gasteiger partial charge in [-0.3, -0.25) is 0 Å². The molecule has 3 aromatic rings. The Morgan fingerprint density at radius 1 is 0.947 bits per heavy atom. The molecule has 0 atom stereocenters. The third kappa shape index (κ3) is 4.75. The van der Waals surface area contributed by atoms with E-state index in [0.717, 1.165) is 31.1 Å². The Kier molecular flexibility index (Phi) is 7.22. The molecule has 2 aliphatic heterocycles. The first-order valence-electron chi connectivity index (χ1n) is 15.0. The van der Waals surface area contributed by atoms with Crippen LogP contribution in [0.1, 0.15) is 85.7 Å². The SMILES string of the molecule is CCN1CCC(CCN2CCn3c(c(C4CCCCC4)c4ccc(C(=O)O)cc43)-c3ccc(C)cc32)CC1. The number of aromatic carboxylic acids is 1. The summed E-state index contributed by atoms with van der Waals surface area (Å²) >= 11 is 0. The Balaban J connectivity index is 1.42. The molecule has 2 aromatic carbocycles. The van der Waals surface area contributed by atoms with Crippen molar-refractivity contribution in [3.05, 3.63) is 53.1 Å². The summed E-state index contributed by atoms with van der Waals surface area (Å²) in [6.45, 7) is 11.1. The molecule has 5 heteroatoms. The lowest BCUT2D eigenvalue weighted by Gasteiger charge is -2.33. The van der Waals surface area contributed by atoms with Crippen molar-refractivity contribution >= 4 is 22.6 Å². The van der Waals surface area contributed by atoms with Gasteiger partial charge in [0, 0.05) is 41.8 Å². The summed E-state index contributed by atoms with van der Waals surface area (Å²) in [6.07, 6.45) is 10.2. The zero-order valence-electron chi connectivity index (χ0n) is 23.2. The third-order valence-electron chi connectivity index (χ3n) is 9.67. The summed E-state index contributed by atoms with van der Waals surface area (Å²) in [7, 11) is 0. The predicted molar refractivity (Wildman–Crippen MR) is 157 cm³/mol. The molecule has 202 valence electrons. The lowest BCUT2D eigenvalue weighted by molar-refractivity contribution is 0.0697. The van der Waals surface area contributed by atoms with Crippen LogP contribution in [0.4, 0.5) is 5.69 Å². The van der Waals surface area contributed by atoms with E-state index in [9.17, 15) is 9.90 Å². The van der Waals surface area contributed by atoms with E-state index < -0.39 is 5.97 Å². The van der Waals surface area contributed by atoms with Gasteiger partial charge in [0.25, 0.3) is 0 Å². The number of likely N-dealkylation sites (tertiary alicyclic amines) is 1. The molecule has 1 saturated carbocycles. The van der Waals surface area contributed by atoms with Crippen LogP contribution in [0.2, 0.25) is 0 Å². The average Bonchev–Trinajstić information content (AvgIpc) is 3.18. The van der Waals surface area contributed by atoms with Crippen LogP contribution in [0.15, 0.2) is 36.4 Å². The first-order chi connectivity index (χ1) is 18.5. The number of carbonyl (C=O) groups is 1. The number of carboxylic acid groups (broad SMARTS) is 1. The Hall–Kier alpha value is -2.79. The van der Waals surface area contributed by atoms with Crippen molar-refractivity contribution in [2.75, 3.05) is 37.6 Å². The molecule has 6 rings (SSSR count). The van der Waals surface area contributed by atoms with Crippen molar-refractivity contribution in [3.63, 3.8) is 0 Å². The van der Waals surface area contributed by atoms with Gasteiger partial charge in [-0.1, -0.05) is 44.4 Å². The van der Waals surface area contributed by atoms with Crippen LogP contribution in [0.25, 0.3) is 22.2 Å². The van der Waals surface area contributed by atoms with Gasteiger partial charge >= 0.3 is 5.97 Å².